The Labute approximate surface area is 103 Å². The van der Waals surface area contributed by atoms with Crippen LogP contribution in [0.5, 0.6) is 0 Å². The molecule has 0 aliphatic carbocycles. The standard InChI is InChI=1S/C11H13BrN2O2/c1-14(11(16)10(13)15)6-5-8-3-2-4-9(12)7-8/h2-4,7H,5-6H2,1H3,(H2,13,15). The highest BCUT2D eigenvalue weighted by molar-refractivity contribution is 9.10. The second kappa shape index (κ2) is 5.65. The molecule has 1 aromatic rings. The molecule has 0 saturated heterocycles. The normalized spacial score (nSPS) is 9.88. The zero-order chi connectivity index (χ0) is 12.1. The molecule has 2 amide bonds. The summed E-state index contributed by atoms with van der Waals surface area (Å²) >= 11 is 3.37. The topological polar surface area (TPSA) is 63.4 Å². The van der Waals surface area contributed by atoms with Gasteiger partial charge in [0.1, 0.15) is 0 Å². The zero-order valence-electron chi connectivity index (χ0n) is 8.94. The molecule has 2 N–H and O–H groups in total. The molecular formula is C11H13BrN2O2. The van der Waals surface area contributed by atoms with Gasteiger partial charge in [0.25, 0.3) is 0 Å². The summed E-state index contributed by atoms with van der Waals surface area (Å²) in [5.74, 6) is -1.58. The number of carbonyl (C=O) groups excluding carboxylic acids is 2. The van der Waals surface area contributed by atoms with Crippen molar-refractivity contribution in [3.63, 3.8) is 0 Å². The molecule has 1 rings (SSSR count). The Morgan fingerprint density at radius 3 is 2.69 bits per heavy atom. The number of hydrogen-bond donors (Lipinski definition) is 1. The van der Waals surface area contributed by atoms with Crippen LogP contribution < -0.4 is 5.73 Å². The molecule has 1 aromatic carbocycles. The van der Waals surface area contributed by atoms with Crippen molar-refractivity contribution in [1.82, 2.24) is 4.90 Å². The molecule has 0 heterocycles. The Kier molecular flexibility index (Phi) is 4.49. The number of halogens is 1. The van der Waals surface area contributed by atoms with E-state index in [0.29, 0.717) is 13.0 Å². The Morgan fingerprint density at radius 2 is 2.12 bits per heavy atom. The lowest BCUT2D eigenvalue weighted by Gasteiger charge is -2.14. The third kappa shape index (κ3) is 3.66. The number of rotatable bonds is 3. The van der Waals surface area contributed by atoms with E-state index in [4.69, 9.17) is 5.73 Å². The quantitative estimate of drug-likeness (QED) is 0.840. The second-order valence-corrected chi connectivity index (χ2v) is 4.39. The van der Waals surface area contributed by atoms with Crippen LogP contribution >= 0.6 is 15.9 Å². The van der Waals surface area contributed by atoms with Crippen molar-refractivity contribution in [2.45, 2.75) is 6.42 Å². The van der Waals surface area contributed by atoms with Gasteiger partial charge in [-0.05, 0) is 24.1 Å². The van der Waals surface area contributed by atoms with Gasteiger partial charge in [0.05, 0.1) is 0 Å². The van der Waals surface area contributed by atoms with E-state index >= 15 is 0 Å². The van der Waals surface area contributed by atoms with Gasteiger partial charge < -0.3 is 10.6 Å². The monoisotopic (exact) mass is 284 g/mol. The zero-order valence-corrected chi connectivity index (χ0v) is 10.5. The number of hydrogen-bond acceptors (Lipinski definition) is 2. The van der Waals surface area contributed by atoms with Crippen LogP contribution in [0.25, 0.3) is 0 Å². The average Bonchev–Trinajstić information content (AvgIpc) is 2.24. The van der Waals surface area contributed by atoms with Crippen molar-refractivity contribution in [2.24, 2.45) is 5.73 Å². The highest BCUT2D eigenvalue weighted by atomic mass is 79.9. The van der Waals surface area contributed by atoms with Gasteiger partial charge in [0, 0.05) is 18.1 Å². The lowest BCUT2D eigenvalue weighted by atomic mass is 10.1. The minimum atomic E-state index is -0.920. The van der Waals surface area contributed by atoms with E-state index in [1.54, 1.807) is 7.05 Å². The first-order valence-electron chi connectivity index (χ1n) is 4.80. The van der Waals surface area contributed by atoms with Crippen LogP contribution in [0.3, 0.4) is 0 Å². The third-order valence-electron chi connectivity index (χ3n) is 2.18. The molecule has 16 heavy (non-hydrogen) atoms. The minimum absolute atomic E-state index is 0.470. The summed E-state index contributed by atoms with van der Waals surface area (Å²) < 4.78 is 0.994. The van der Waals surface area contributed by atoms with Crippen LogP contribution in [-0.4, -0.2) is 30.3 Å². The predicted octanol–water partition coefficient (Wildman–Crippen LogP) is 0.935. The number of nitrogens with zero attached hydrogens (tertiary/aromatic N) is 1. The molecule has 0 bridgehead atoms. The summed E-state index contributed by atoms with van der Waals surface area (Å²) in [5.41, 5.74) is 5.99. The van der Waals surface area contributed by atoms with Gasteiger partial charge in [0.15, 0.2) is 0 Å². The first-order chi connectivity index (χ1) is 7.50. The number of benzene rings is 1. The molecule has 0 atom stereocenters. The molecule has 0 fully saturated rings. The number of primary amides is 1. The maximum Gasteiger partial charge on any atom is 0.311 e. The van der Waals surface area contributed by atoms with E-state index in [2.05, 4.69) is 15.9 Å². The Balaban J connectivity index is 2.52. The summed E-state index contributed by atoms with van der Waals surface area (Å²) in [6.07, 6.45) is 0.689. The first kappa shape index (κ1) is 12.7. The van der Waals surface area contributed by atoms with Gasteiger partial charge in [-0.15, -0.1) is 0 Å². The largest absolute Gasteiger partial charge is 0.361 e. The number of amides is 2. The van der Waals surface area contributed by atoms with Gasteiger partial charge >= 0.3 is 11.8 Å². The molecule has 0 aliphatic rings. The van der Waals surface area contributed by atoms with E-state index in [0.717, 1.165) is 10.0 Å². The minimum Gasteiger partial charge on any atom is -0.361 e. The van der Waals surface area contributed by atoms with Gasteiger partial charge in [-0.2, -0.15) is 0 Å². The van der Waals surface area contributed by atoms with Crippen LogP contribution in [0.4, 0.5) is 0 Å². The van der Waals surface area contributed by atoms with Gasteiger partial charge in [0.2, 0.25) is 0 Å². The molecule has 4 nitrogen and oxygen atoms in total. The van der Waals surface area contributed by atoms with Crippen LogP contribution in [0, 0.1) is 0 Å². The Morgan fingerprint density at radius 1 is 1.44 bits per heavy atom. The van der Waals surface area contributed by atoms with Crippen molar-refractivity contribution in [1.29, 1.82) is 0 Å². The molecule has 86 valence electrons. The smallest absolute Gasteiger partial charge is 0.311 e. The maximum absolute atomic E-state index is 11.2. The van der Waals surface area contributed by atoms with Crippen LogP contribution in [0.2, 0.25) is 0 Å². The number of nitrogens with two attached hydrogens (primary N) is 1. The van der Waals surface area contributed by atoms with Gasteiger partial charge in [-0.1, -0.05) is 28.1 Å². The molecule has 5 heteroatoms. The van der Waals surface area contributed by atoms with Crippen LogP contribution in [-0.2, 0) is 16.0 Å². The van der Waals surface area contributed by atoms with E-state index in [1.165, 1.54) is 4.90 Å². The van der Waals surface area contributed by atoms with E-state index in [-0.39, 0.29) is 0 Å². The van der Waals surface area contributed by atoms with E-state index < -0.39 is 11.8 Å². The van der Waals surface area contributed by atoms with Crippen molar-refractivity contribution in [3.8, 4) is 0 Å². The molecule has 0 aliphatic heterocycles. The fourth-order valence-corrected chi connectivity index (χ4v) is 1.73. The summed E-state index contributed by atoms with van der Waals surface area (Å²) in [5, 5.41) is 0. The van der Waals surface area contributed by atoms with Gasteiger partial charge in [-0.25, -0.2) is 0 Å². The molecule has 0 spiro atoms. The van der Waals surface area contributed by atoms with E-state index in [9.17, 15) is 9.59 Å². The second-order valence-electron chi connectivity index (χ2n) is 3.47. The van der Waals surface area contributed by atoms with Crippen LogP contribution in [0.15, 0.2) is 28.7 Å². The highest BCUT2D eigenvalue weighted by Crippen LogP contribution is 2.12. The van der Waals surface area contributed by atoms with Crippen LogP contribution in [0.1, 0.15) is 5.56 Å². The predicted molar refractivity (Wildman–Crippen MR) is 64.7 cm³/mol. The average molecular weight is 285 g/mol. The van der Waals surface area contributed by atoms with Crippen molar-refractivity contribution >= 4 is 27.7 Å². The van der Waals surface area contributed by atoms with Gasteiger partial charge in [-0.3, -0.25) is 9.59 Å². The SMILES string of the molecule is CN(CCc1cccc(Br)c1)C(=O)C(N)=O. The number of carbonyl (C=O) groups is 2. The summed E-state index contributed by atoms with van der Waals surface area (Å²) in [4.78, 5) is 23.1. The third-order valence-corrected chi connectivity index (χ3v) is 2.68. The Bertz CT molecular complexity index is 407. The molecule has 0 saturated carbocycles. The molecule has 0 aromatic heterocycles. The van der Waals surface area contributed by atoms with Crippen molar-refractivity contribution < 1.29 is 9.59 Å². The summed E-state index contributed by atoms with van der Waals surface area (Å²) in [6.45, 7) is 0.470. The number of likely N-dealkylation sites (N-methyl/N-ethyl adjacent to an activating group) is 1. The fourth-order valence-electron chi connectivity index (χ4n) is 1.28. The van der Waals surface area contributed by atoms with Crippen molar-refractivity contribution in [2.75, 3.05) is 13.6 Å². The first-order valence-corrected chi connectivity index (χ1v) is 5.59. The molecule has 0 radical (unpaired) electrons. The summed E-state index contributed by atoms with van der Waals surface area (Å²) in [7, 11) is 1.56. The lowest BCUT2D eigenvalue weighted by molar-refractivity contribution is -0.143. The molecular weight excluding hydrogens is 272 g/mol. The highest BCUT2D eigenvalue weighted by Gasteiger charge is 2.14. The Hall–Kier alpha value is -1.36. The summed E-state index contributed by atoms with van der Waals surface area (Å²) in [6, 6.07) is 7.80. The maximum atomic E-state index is 11.2. The van der Waals surface area contributed by atoms with Crippen molar-refractivity contribution in [3.05, 3.63) is 34.3 Å². The van der Waals surface area contributed by atoms with E-state index in [1.807, 2.05) is 24.3 Å². The fraction of sp³-hybridized carbons (Fsp3) is 0.273. The molecule has 0 unspecified atom stereocenters. The lowest BCUT2D eigenvalue weighted by Crippen LogP contribution is -2.38.